The van der Waals surface area contributed by atoms with Crippen LogP contribution in [-0.2, 0) is 19.6 Å². The summed E-state index contributed by atoms with van der Waals surface area (Å²) in [5, 5.41) is 0.450. The van der Waals surface area contributed by atoms with Crippen LogP contribution in [0.15, 0.2) is 53.4 Å². The molecule has 7 nitrogen and oxygen atoms in total. The number of amides is 2. The predicted molar refractivity (Wildman–Crippen MR) is 114 cm³/mol. The number of nitrogens with zero attached hydrogens (tertiary/aromatic N) is 3. The number of halogens is 1. The molecule has 2 amide bonds. The van der Waals surface area contributed by atoms with E-state index in [2.05, 4.69) is 0 Å². The predicted octanol–water partition coefficient (Wildman–Crippen LogP) is 2.29. The highest BCUT2D eigenvalue weighted by atomic mass is 35.5. The number of carbonyl (C=O) groups is 2. The van der Waals surface area contributed by atoms with Gasteiger partial charge < -0.3 is 0 Å². The minimum atomic E-state index is -3.58. The molecule has 2 saturated heterocycles. The Morgan fingerprint density at radius 2 is 1.63 bits per heavy atom. The van der Waals surface area contributed by atoms with E-state index in [0.29, 0.717) is 23.8 Å². The molecule has 2 aliphatic rings. The van der Waals surface area contributed by atoms with Crippen LogP contribution in [0.1, 0.15) is 12.0 Å². The molecule has 2 aliphatic heterocycles. The second-order valence-electron chi connectivity index (χ2n) is 7.52. The van der Waals surface area contributed by atoms with Gasteiger partial charge in [-0.15, -0.1) is 0 Å². The van der Waals surface area contributed by atoms with Gasteiger partial charge in [-0.25, -0.2) is 13.3 Å². The van der Waals surface area contributed by atoms with Crippen LogP contribution in [0, 0.1) is 6.92 Å². The first-order chi connectivity index (χ1) is 14.3. The van der Waals surface area contributed by atoms with Crippen molar-refractivity contribution >= 4 is 39.1 Å². The second kappa shape index (κ2) is 8.11. The summed E-state index contributed by atoms with van der Waals surface area (Å²) in [5.41, 5.74) is 1.45. The first kappa shape index (κ1) is 21.0. The van der Waals surface area contributed by atoms with E-state index in [-0.39, 0.29) is 36.2 Å². The van der Waals surface area contributed by atoms with Crippen molar-refractivity contribution in [2.75, 3.05) is 31.1 Å². The van der Waals surface area contributed by atoms with Crippen molar-refractivity contribution in [2.24, 2.45) is 0 Å². The lowest BCUT2D eigenvalue weighted by atomic mass is 10.2. The van der Waals surface area contributed by atoms with Gasteiger partial charge in [0.1, 0.15) is 0 Å². The van der Waals surface area contributed by atoms with Crippen LogP contribution < -0.4 is 4.90 Å². The fourth-order valence-electron chi connectivity index (χ4n) is 3.90. The average molecular weight is 448 g/mol. The van der Waals surface area contributed by atoms with E-state index in [9.17, 15) is 18.0 Å². The van der Waals surface area contributed by atoms with Crippen molar-refractivity contribution in [3.05, 3.63) is 59.1 Å². The molecule has 0 N–H and O–H groups in total. The number of benzene rings is 2. The molecule has 2 heterocycles. The number of piperazine rings is 1. The Balaban J connectivity index is 1.45. The standard InChI is InChI=1S/C21H22ClN3O4S/c1-15-5-7-18(8-6-15)30(28,29)24-11-9-23(10-12-24)19-14-20(26)25(21(19)27)17-4-2-3-16(22)13-17/h2-8,13,19H,9-12,14H2,1H3. The maximum absolute atomic E-state index is 12.9. The molecular formula is C21H22ClN3O4S. The van der Waals surface area contributed by atoms with Gasteiger partial charge in [-0.3, -0.25) is 14.5 Å². The number of imide groups is 1. The van der Waals surface area contributed by atoms with Crippen molar-refractivity contribution in [1.82, 2.24) is 9.21 Å². The fourth-order valence-corrected chi connectivity index (χ4v) is 5.51. The van der Waals surface area contributed by atoms with Crippen LogP contribution in [0.2, 0.25) is 5.02 Å². The van der Waals surface area contributed by atoms with Crippen LogP contribution in [0.3, 0.4) is 0 Å². The summed E-state index contributed by atoms with van der Waals surface area (Å²) in [5.74, 6) is -0.570. The lowest BCUT2D eigenvalue weighted by Crippen LogP contribution is -2.53. The number of aryl methyl sites for hydroxylation is 1. The molecule has 4 rings (SSSR count). The van der Waals surface area contributed by atoms with Gasteiger partial charge >= 0.3 is 0 Å². The summed E-state index contributed by atoms with van der Waals surface area (Å²) in [7, 11) is -3.58. The summed E-state index contributed by atoms with van der Waals surface area (Å²) in [4.78, 5) is 28.8. The Bertz CT molecular complexity index is 1080. The molecule has 158 valence electrons. The normalized spacial score (nSPS) is 21.4. The van der Waals surface area contributed by atoms with Gasteiger partial charge in [0.15, 0.2) is 0 Å². The molecule has 0 bridgehead atoms. The third kappa shape index (κ3) is 3.88. The minimum absolute atomic E-state index is 0.0794. The highest BCUT2D eigenvalue weighted by molar-refractivity contribution is 7.89. The zero-order valence-electron chi connectivity index (χ0n) is 16.5. The maximum atomic E-state index is 12.9. The zero-order chi connectivity index (χ0) is 21.5. The summed E-state index contributed by atoms with van der Waals surface area (Å²) >= 11 is 6.00. The van der Waals surface area contributed by atoms with Crippen LogP contribution in [0.4, 0.5) is 5.69 Å². The lowest BCUT2D eigenvalue weighted by molar-refractivity contribution is -0.123. The molecule has 0 spiro atoms. The quantitative estimate of drug-likeness (QED) is 0.672. The molecule has 30 heavy (non-hydrogen) atoms. The number of sulfonamides is 1. The Hall–Kier alpha value is -2.26. The first-order valence-electron chi connectivity index (χ1n) is 9.70. The number of hydrogen-bond acceptors (Lipinski definition) is 5. The van der Waals surface area contributed by atoms with Crippen molar-refractivity contribution in [2.45, 2.75) is 24.3 Å². The van der Waals surface area contributed by atoms with Crippen molar-refractivity contribution in [3.63, 3.8) is 0 Å². The number of anilines is 1. The van der Waals surface area contributed by atoms with Crippen LogP contribution in [-0.4, -0.2) is 61.7 Å². The van der Waals surface area contributed by atoms with Gasteiger partial charge in [0.25, 0.3) is 5.91 Å². The molecule has 0 aromatic heterocycles. The third-order valence-electron chi connectivity index (χ3n) is 5.56. The molecule has 1 atom stereocenters. The van der Waals surface area contributed by atoms with E-state index in [1.165, 1.54) is 9.21 Å². The van der Waals surface area contributed by atoms with Crippen molar-refractivity contribution in [1.29, 1.82) is 0 Å². The van der Waals surface area contributed by atoms with Crippen LogP contribution in [0.5, 0.6) is 0 Å². The third-order valence-corrected chi connectivity index (χ3v) is 7.71. The Kier molecular flexibility index (Phi) is 5.67. The monoisotopic (exact) mass is 447 g/mol. The number of carbonyl (C=O) groups excluding carboxylic acids is 2. The van der Waals surface area contributed by atoms with Gasteiger partial charge in [0, 0.05) is 31.2 Å². The Morgan fingerprint density at radius 1 is 0.967 bits per heavy atom. The molecular weight excluding hydrogens is 426 g/mol. The molecule has 2 aromatic rings. The minimum Gasteiger partial charge on any atom is -0.289 e. The van der Waals surface area contributed by atoms with Gasteiger partial charge in [-0.2, -0.15) is 4.31 Å². The van der Waals surface area contributed by atoms with E-state index < -0.39 is 16.1 Å². The Morgan fingerprint density at radius 3 is 2.27 bits per heavy atom. The summed E-state index contributed by atoms with van der Waals surface area (Å²) in [6.07, 6.45) is 0.0794. The molecule has 0 aliphatic carbocycles. The SMILES string of the molecule is Cc1ccc(S(=O)(=O)N2CCN(C3CC(=O)N(c4cccc(Cl)c4)C3=O)CC2)cc1. The summed E-state index contributed by atoms with van der Waals surface area (Å²) in [6.45, 7) is 3.22. The zero-order valence-corrected chi connectivity index (χ0v) is 18.1. The summed E-state index contributed by atoms with van der Waals surface area (Å²) < 4.78 is 27.2. The fraction of sp³-hybridized carbons (Fsp3) is 0.333. The molecule has 2 aromatic carbocycles. The van der Waals surface area contributed by atoms with E-state index in [1.54, 1.807) is 48.5 Å². The van der Waals surface area contributed by atoms with E-state index in [1.807, 2.05) is 11.8 Å². The molecule has 0 radical (unpaired) electrons. The molecule has 2 fully saturated rings. The van der Waals surface area contributed by atoms with Gasteiger partial charge in [0.2, 0.25) is 15.9 Å². The van der Waals surface area contributed by atoms with E-state index in [0.717, 1.165) is 5.56 Å². The molecule has 9 heteroatoms. The van der Waals surface area contributed by atoms with Crippen LogP contribution >= 0.6 is 11.6 Å². The molecule has 0 saturated carbocycles. The van der Waals surface area contributed by atoms with Crippen molar-refractivity contribution < 1.29 is 18.0 Å². The van der Waals surface area contributed by atoms with E-state index in [4.69, 9.17) is 11.6 Å². The summed E-state index contributed by atoms with van der Waals surface area (Å²) in [6, 6.07) is 12.8. The highest BCUT2D eigenvalue weighted by Crippen LogP contribution is 2.28. The topological polar surface area (TPSA) is 78.0 Å². The average Bonchev–Trinajstić information content (AvgIpc) is 3.02. The Labute approximate surface area is 180 Å². The lowest BCUT2D eigenvalue weighted by Gasteiger charge is -2.36. The maximum Gasteiger partial charge on any atom is 0.251 e. The first-order valence-corrected chi connectivity index (χ1v) is 11.5. The smallest absolute Gasteiger partial charge is 0.251 e. The van der Waals surface area contributed by atoms with E-state index >= 15 is 0 Å². The number of hydrogen-bond donors (Lipinski definition) is 0. The molecule has 1 unspecified atom stereocenters. The van der Waals surface area contributed by atoms with Crippen molar-refractivity contribution in [3.8, 4) is 0 Å². The largest absolute Gasteiger partial charge is 0.289 e. The van der Waals surface area contributed by atoms with Gasteiger partial charge in [-0.05, 0) is 37.3 Å². The van der Waals surface area contributed by atoms with Gasteiger partial charge in [-0.1, -0.05) is 35.4 Å². The van der Waals surface area contributed by atoms with Crippen LogP contribution in [0.25, 0.3) is 0 Å². The second-order valence-corrected chi connectivity index (χ2v) is 9.89. The number of rotatable bonds is 4. The van der Waals surface area contributed by atoms with Gasteiger partial charge in [0.05, 0.1) is 23.0 Å². The highest BCUT2D eigenvalue weighted by Gasteiger charge is 2.44.